The van der Waals surface area contributed by atoms with Gasteiger partial charge in [-0.1, -0.05) is 43.4 Å². The number of nitrogens with zero attached hydrogens (tertiary/aromatic N) is 2. The Labute approximate surface area is 122 Å². The van der Waals surface area contributed by atoms with Crippen molar-refractivity contribution in [1.82, 2.24) is 4.57 Å². The minimum atomic E-state index is -0.151. The molecule has 1 N–H and O–H groups in total. The van der Waals surface area contributed by atoms with Crippen LogP contribution in [0.25, 0.3) is 0 Å². The lowest BCUT2D eigenvalue weighted by Gasteiger charge is -2.05. The maximum atomic E-state index is 11.8. The number of benzene rings is 1. The predicted molar refractivity (Wildman–Crippen MR) is 83.5 cm³/mol. The van der Waals surface area contributed by atoms with Crippen LogP contribution < -0.4 is 4.87 Å². The molecule has 0 saturated carbocycles. The summed E-state index contributed by atoms with van der Waals surface area (Å²) in [5, 5.41) is 10.1. The summed E-state index contributed by atoms with van der Waals surface area (Å²) in [6.07, 6.45) is 1.56. The molecule has 0 aliphatic rings. The van der Waals surface area contributed by atoms with Crippen molar-refractivity contribution in [2.75, 3.05) is 0 Å². The van der Waals surface area contributed by atoms with Crippen LogP contribution in [0.4, 0.5) is 5.69 Å². The molecular weight excluding hydrogens is 272 g/mol. The summed E-state index contributed by atoms with van der Waals surface area (Å²) in [7, 11) is 0. The van der Waals surface area contributed by atoms with E-state index in [1.165, 1.54) is 4.57 Å². The van der Waals surface area contributed by atoms with E-state index < -0.39 is 0 Å². The number of thiazole rings is 1. The molecule has 20 heavy (non-hydrogen) atoms. The maximum Gasteiger partial charge on any atom is 0.310 e. The summed E-state index contributed by atoms with van der Waals surface area (Å²) in [4.78, 5) is 16.5. The first-order valence-electron chi connectivity index (χ1n) is 6.51. The van der Waals surface area contributed by atoms with E-state index in [2.05, 4.69) is 4.99 Å². The third-order valence-electron chi connectivity index (χ3n) is 2.88. The Morgan fingerprint density at radius 1 is 1.40 bits per heavy atom. The van der Waals surface area contributed by atoms with Crippen LogP contribution in [0.2, 0.25) is 0 Å². The molecule has 0 spiro atoms. The highest BCUT2D eigenvalue weighted by atomic mass is 32.1. The van der Waals surface area contributed by atoms with E-state index in [-0.39, 0.29) is 10.8 Å². The van der Waals surface area contributed by atoms with Gasteiger partial charge in [-0.05, 0) is 24.5 Å². The second kappa shape index (κ2) is 6.05. The number of aryl methyl sites for hydroxylation is 1. The summed E-state index contributed by atoms with van der Waals surface area (Å²) in [6, 6.07) is 7.73. The Kier molecular flexibility index (Phi) is 4.39. The monoisotopic (exact) mass is 290 g/mol. The highest BCUT2D eigenvalue weighted by Gasteiger charge is 2.13. The van der Waals surface area contributed by atoms with E-state index in [1.54, 1.807) is 6.21 Å². The molecule has 2 rings (SSSR count). The van der Waals surface area contributed by atoms with Crippen molar-refractivity contribution in [2.24, 2.45) is 10.9 Å². The molecule has 0 bridgehead atoms. The van der Waals surface area contributed by atoms with Crippen molar-refractivity contribution in [3.63, 3.8) is 0 Å². The summed E-state index contributed by atoms with van der Waals surface area (Å²) in [6.45, 7) is 6.49. The average molecular weight is 290 g/mol. The van der Waals surface area contributed by atoms with E-state index in [1.807, 2.05) is 45.0 Å². The maximum absolute atomic E-state index is 11.8. The van der Waals surface area contributed by atoms with Crippen LogP contribution in [-0.2, 0) is 6.54 Å². The molecule has 106 valence electrons. The predicted octanol–water partition coefficient (Wildman–Crippen LogP) is 3.33. The fourth-order valence-electron chi connectivity index (χ4n) is 1.86. The smallest absolute Gasteiger partial charge is 0.310 e. The topological polar surface area (TPSA) is 54.6 Å². The molecule has 4 nitrogen and oxygen atoms in total. The van der Waals surface area contributed by atoms with Crippen LogP contribution >= 0.6 is 11.3 Å². The Hall–Kier alpha value is -1.88. The van der Waals surface area contributed by atoms with Gasteiger partial charge in [-0.2, -0.15) is 0 Å². The van der Waals surface area contributed by atoms with Crippen LogP contribution in [0, 0.1) is 12.8 Å². The van der Waals surface area contributed by atoms with Gasteiger partial charge in [0.2, 0.25) is 5.88 Å². The minimum absolute atomic E-state index is 0.00559. The molecule has 0 amide bonds. The van der Waals surface area contributed by atoms with Gasteiger partial charge in [0.1, 0.15) is 4.88 Å². The van der Waals surface area contributed by atoms with Crippen molar-refractivity contribution in [2.45, 2.75) is 27.3 Å². The molecule has 1 aromatic heterocycles. The number of para-hydroxylation sites is 1. The molecule has 0 fully saturated rings. The molecule has 0 atom stereocenters. The quantitative estimate of drug-likeness (QED) is 0.878. The SMILES string of the molecule is Cc1ccccc1N=Cc1sc(=O)n(CC(C)C)c1O. The van der Waals surface area contributed by atoms with E-state index in [0.717, 1.165) is 22.6 Å². The fraction of sp³-hybridized carbons (Fsp3) is 0.333. The van der Waals surface area contributed by atoms with Crippen LogP contribution in [0.15, 0.2) is 34.1 Å². The van der Waals surface area contributed by atoms with Crippen LogP contribution in [-0.4, -0.2) is 15.9 Å². The van der Waals surface area contributed by atoms with Gasteiger partial charge in [-0.15, -0.1) is 0 Å². The Balaban J connectivity index is 2.31. The van der Waals surface area contributed by atoms with E-state index in [4.69, 9.17) is 0 Å². The molecule has 0 unspecified atom stereocenters. The molecule has 0 radical (unpaired) electrons. The molecule has 5 heteroatoms. The van der Waals surface area contributed by atoms with E-state index >= 15 is 0 Å². The minimum Gasteiger partial charge on any atom is -0.493 e. The van der Waals surface area contributed by atoms with Gasteiger partial charge < -0.3 is 5.11 Å². The standard InChI is InChI=1S/C15H18N2O2S/c1-10(2)9-17-14(18)13(20-15(17)19)8-16-12-7-5-4-6-11(12)3/h4-8,10,18H,9H2,1-3H3. The first-order chi connectivity index (χ1) is 9.49. The fourth-order valence-corrected chi connectivity index (χ4v) is 2.63. The molecule has 1 heterocycles. The zero-order valence-corrected chi connectivity index (χ0v) is 12.6. The number of aromatic nitrogens is 1. The van der Waals surface area contributed by atoms with Crippen LogP contribution in [0.5, 0.6) is 5.88 Å². The second-order valence-corrected chi connectivity index (χ2v) is 6.10. The number of hydrogen-bond acceptors (Lipinski definition) is 4. The number of aromatic hydroxyl groups is 1. The summed E-state index contributed by atoms with van der Waals surface area (Å²) < 4.78 is 1.40. The Morgan fingerprint density at radius 3 is 2.75 bits per heavy atom. The summed E-state index contributed by atoms with van der Waals surface area (Å²) >= 11 is 1.02. The lowest BCUT2D eigenvalue weighted by Crippen LogP contribution is -2.15. The largest absolute Gasteiger partial charge is 0.493 e. The third kappa shape index (κ3) is 3.17. The molecular formula is C15H18N2O2S. The molecule has 2 aromatic rings. The van der Waals surface area contributed by atoms with E-state index in [0.29, 0.717) is 17.3 Å². The van der Waals surface area contributed by atoms with Gasteiger partial charge in [-0.3, -0.25) is 14.4 Å². The van der Waals surface area contributed by atoms with Gasteiger partial charge in [-0.25, -0.2) is 0 Å². The van der Waals surface area contributed by atoms with Crippen molar-refractivity contribution < 1.29 is 5.11 Å². The van der Waals surface area contributed by atoms with Crippen molar-refractivity contribution in [3.8, 4) is 5.88 Å². The second-order valence-electron chi connectivity index (χ2n) is 5.10. The molecule has 0 aliphatic heterocycles. The Morgan fingerprint density at radius 2 is 2.10 bits per heavy atom. The van der Waals surface area contributed by atoms with Gasteiger partial charge >= 0.3 is 4.87 Å². The normalized spacial score (nSPS) is 11.6. The highest BCUT2D eigenvalue weighted by Crippen LogP contribution is 2.22. The van der Waals surface area contributed by atoms with Crippen LogP contribution in [0.3, 0.4) is 0 Å². The zero-order chi connectivity index (χ0) is 14.7. The Bertz CT molecular complexity index is 683. The lowest BCUT2D eigenvalue weighted by atomic mass is 10.2. The number of aliphatic imine (C=N–C) groups is 1. The van der Waals surface area contributed by atoms with Gasteiger partial charge in [0, 0.05) is 6.54 Å². The average Bonchev–Trinajstić information content (AvgIpc) is 2.65. The van der Waals surface area contributed by atoms with Gasteiger partial charge in [0.05, 0.1) is 11.9 Å². The lowest BCUT2D eigenvalue weighted by molar-refractivity contribution is 0.389. The van der Waals surface area contributed by atoms with Gasteiger partial charge in [0.15, 0.2) is 0 Å². The zero-order valence-electron chi connectivity index (χ0n) is 11.8. The molecule has 1 aromatic carbocycles. The number of rotatable bonds is 4. The van der Waals surface area contributed by atoms with Gasteiger partial charge in [0.25, 0.3) is 0 Å². The van der Waals surface area contributed by atoms with E-state index in [9.17, 15) is 9.90 Å². The van der Waals surface area contributed by atoms with Crippen LogP contribution in [0.1, 0.15) is 24.3 Å². The van der Waals surface area contributed by atoms with Crippen molar-refractivity contribution in [1.29, 1.82) is 0 Å². The molecule has 0 saturated heterocycles. The number of hydrogen-bond donors (Lipinski definition) is 1. The first kappa shape index (κ1) is 14.5. The molecule has 0 aliphatic carbocycles. The first-order valence-corrected chi connectivity index (χ1v) is 7.33. The van der Waals surface area contributed by atoms with Crippen molar-refractivity contribution >= 4 is 23.2 Å². The third-order valence-corrected chi connectivity index (χ3v) is 3.78. The van der Waals surface area contributed by atoms with Crippen molar-refractivity contribution in [3.05, 3.63) is 44.4 Å². The highest BCUT2D eigenvalue weighted by molar-refractivity contribution is 7.11. The summed E-state index contributed by atoms with van der Waals surface area (Å²) in [5.74, 6) is 0.306. The summed E-state index contributed by atoms with van der Waals surface area (Å²) in [5.41, 5.74) is 1.89.